The largest absolute Gasteiger partial charge is 0.436 e. The Morgan fingerprint density at radius 2 is 2.03 bits per heavy atom. The van der Waals surface area contributed by atoms with Crippen LogP contribution in [0.3, 0.4) is 0 Å². The predicted molar refractivity (Wildman–Crippen MR) is 109 cm³/mol. The quantitative estimate of drug-likeness (QED) is 0.467. The van der Waals surface area contributed by atoms with Crippen molar-refractivity contribution in [1.82, 2.24) is 19.4 Å². The number of nitro groups is 1. The van der Waals surface area contributed by atoms with Crippen LogP contribution < -0.4 is 4.74 Å². The topological polar surface area (TPSA) is 86.3 Å². The molecule has 156 valence electrons. The Hall–Kier alpha value is -2.85. The van der Waals surface area contributed by atoms with E-state index in [2.05, 4.69) is 9.88 Å². The van der Waals surface area contributed by atoms with Crippen molar-refractivity contribution in [3.63, 3.8) is 0 Å². The zero-order valence-corrected chi connectivity index (χ0v) is 17.2. The third-order valence-electron chi connectivity index (χ3n) is 5.50. The van der Waals surface area contributed by atoms with Crippen molar-refractivity contribution in [2.45, 2.75) is 31.9 Å². The number of thiazole rings is 1. The van der Waals surface area contributed by atoms with Gasteiger partial charge in [0.2, 0.25) is 0 Å². The number of benzene rings is 1. The molecule has 5 rings (SSSR count). The van der Waals surface area contributed by atoms with Gasteiger partial charge in [0.1, 0.15) is 22.6 Å². The maximum Gasteiger partial charge on any atom is 0.415 e. The van der Waals surface area contributed by atoms with Gasteiger partial charge in [0, 0.05) is 41.5 Å². The SMILES string of the molecule is C[C@]1(CN2CCc3nc(-c4ccc(F)cc4)sc3CC2)Cn2cc([N+](=O)[O-])nc2O1. The highest BCUT2D eigenvalue weighted by molar-refractivity contribution is 7.15. The minimum atomic E-state index is -0.508. The minimum Gasteiger partial charge on any atom is -0.436 e. The number of aromatic nitrogens is 3. The highest BCUT2D eigenvalue weighted by Gasteiger charge is 2.41. The third kappa shape index (κ3) is 3.56. The first-order valence-electron chi connectivity index (χ1n) is 9.76. The number of imidazole rings is 1. The molecule has 4 heterocycles. The molecular weight excluding hydrogens is 409 g/mol. The molecule has 0 saturated carbocycles. The molecule has 0 spiro atoms. The third-order valence-corrected chi connectivity index (χ3v) is 6.71. The number of fused-ring (bicyclic) bond motifs is 2. The Bertz CT molecular complexity index is 1060. The summed E-state index contributed by atoms with van der Waals surface area (Å²) < 4.78 is 20.9. The Kier molecular flexibility index (Phi) is 4.55. The second-order valence-corrected chi connectivity index (χ2v) is 9.07. The Labute approximate surface area is 176 Å². The van der Waals surface area contributed by atoms with E-state index in [1.165, 1.54) is 23.2 Å². The molecule has 0 aliphatic carbocycles. The highest BCUT2D eigenvalue weighted by Crippen LogP contribution is 2.33. The molecule has 0 bridgehead atoms. The van der Waals surface area contributed by atoms with E-state index < -0.39 is 10.5 Å². The molecule has 0 N–H and O–H groups in total. The molecule has 0 amide bonds. The maximum absolute atomic E-state index is 13.2. The van der Waals surface area contributed by atoms with E-state index in [-0.39, 0.29) is 11.6 Å². The summed E-state index contributed by atoms with van der Waals surface area (Å²) in [6.45, 7) is 5.01. The lowest BCUT2D eigenvalue weighted by Crippen LogP contribution is -2.45. The average Bonchev–Trinajstić information content (AvgIpc) is 3.32. The zero-order chi connectivity index (χ0) is 20.9. The Morgan fingerprint density at radius 1 is 1.27 bits per heavy atom. The van der Waals surface area contributed by atoms with Gasteiger partial charge < -0.3 is 14.9 Å². The summed E-state index contributed by atoms with van der Waals surface area (Å²) in [5.41, 5.74) is 1.59. The van der Waals surface area contributed by atoms with Gasteiger partial charge in [0.15, 0.2) is 0 Å². The van der Waals surface area contributed by atoms with Gasteiger partial charge in [-0.1, -0.05) is 0 Å². The molecule has 0 saturated heterocycles. The zero-order valence-electron chi connectivity index (χ0n) is 16.4. The number of nitrogens with zero attached hydrogens (tertiary/aromatic N) is 5. The van der Waals surface area contributed by atoms with Crippen LogP contribution in [-0.4, -0.2) is 49.6 Å². The average molecular weight is 429 g/mol. The Balaban J connectivity index is 1.24. The lowest BCUT2D eigenvalue weighted by Gasteiger charge is -2.29. The lowest BCUT2D eigenvalue weighted by atomic mass is 10.1. The van der Waals surface area contributed by atoms with E-state index in [9.17, 15) is 14.5 Å². The normalized spacial score (nSPS) is 21.0. The molecule has 0 radical (unpaired) electrons. The van der Waals surface area contributed by atoms with Crippen molar-refractivity contribution in [3.8, 4) is 16.6 Å². The van der Waals surface area contributed by atoms with Gasteiger partial charge in [-0.15, -0.1) is 11.3 Å². The van der Waals surface area contributed by atoms with E-state index >= 15 is 0 Å². The van der Waals surface area contributed by atoms with Gasteiger partial charge in [-0.2, -0.15) is 0 Å². The van der Waals surface area contributed by atoms with E-state index in [4.69, 9.17) is 9.72 Å². The minimum absolute atomic E-state index is 0.186. The molecular formula is C20H20FN5O3S. The van der Waals surface area contributed by atoms with Gasteiger partial charge in [-0.05, 0) is 42.5 Å². The molecule has 0 fully saturated rings. The fourth-order valence-electron chi connectivity index (χ4n) is 4.12. The smallest absolute Gasteiger partial charge is 0.415 e. The van der Waals surface area contributed by atoms with Gasteiger partial charge in [-0.3, -0.25) is 9.47 Å². The second kappa shape index (κ2) is 7.13. The first-order valence-corrected chi connectivity index (χ1v) is 10.6. The summed E-state index contributed by atoms with van der Waals surface area (Å²) in [4.78, 5) is 22.8. The summed E-state index contributed by atoms with van der Waals surface area (Å²) >= 11 is 1.68. The van der Waals surface area contributed by atoms with Crippen LogP contribution >= 0.6 is 11.3 Å². The molecule has 30 heavy (non-hydrogen) atoms. The first kappa shape index (κ1) is 19.1. The number of hydrogen-bond acceptors (Lipinski definition) is 7. The Morgan fingerprint density at radius 3 is 2.77 bits per heavy atom. The predicted octanol–water partition coefficient (Wildman–Crippen LogP) is 3.31. The molecule has 1 aromatic carbocycles. The summed E-state index contributed by atoms with van der Waals surface area (Å²) in [6.07, 6.45) is 3.18. The van der Waals surface area contributed by atoms with E-state index in [0.29, 0.717) is 19.1 Å². The van der Waals surface area contributed by atoms with Crippen LogP contribution in [0, 0.1) is 15.9 Å². The second-order valence-electron chi connectivity index (χ2n) is 7.99. The molecule has 1 atom stereocenters. The summed E-state index contributed by atoms with van der Waals surface area (Å²) in [7, 11) is 0. The van der Waals surface area contributed by atoms with Crippen molar-refractivity contribution < 1.29 is 14.1 Å². The van der Waals surface area contributed by atoms with Crippen molar-refractivity contribution in [1.29, 1.82) is 0 Å². The van der Waals surface area contributed by atoms with Gasteiger partial charge >= 0.3 is 11.8 Å². The fourth-order valence-corrected chi connectivity index (χ4v) is 5.22. The lowest BCUT2D eigenvalue weighted by molar-refractivity contribution is -0.389. The number of ether oxygens (including phenoxy) is 1. The van der Waals surface area contributed by atoms with E-state index in [0.717, 1.165) is 42.2 Å². The summed E-state index contributed by atoms with van der Waals surface area (Å²) in [5, 5.41) is 11.8. The summed E-state index contributed by atoms with van der Waals surface area (Å²) in [5.74, 6) is -0.430. The van der Waals surface area contributed by atoms with E-state index in [1.807, 2.05) is 6.92 Å². The van der Waals surface area contributed by atoms with Crippen LogP contribution in [0.4, 0.5) is 10.2 Å². The van der Waals surface area contributed by atoms with Crippen LogP contribution in [0.5, 0.6) is 6.01 Å². The van der Waals surface area contributed by atoms with Crippen LogP contribution in [0.15, 0.2) is 30.5 Å². The number of halogens is 1. The monoisotopic (exact) mass is 429 g/mol. The summed E-state index contributed by atoms with van der Waals surface area (Å²) in [6, 6.07) is 6.78. The van der Waals surface area contributed by atoms with Crippen LogP contribution in [0.1, 0.15) is 17.5 Å². The van der Waals surface area contributed by atoms with Crippen molar-refractivity contribution in [3.05, 3.63) is 57.0 Å². The fraction of sp³-hybridized carbons (Fsp3) is 0.400. The number of rotatable bonds is 4. The van der Waals surface area contributed by atoms with E-state index in [1.54, 1.807) is 28.0 Å². The van der Waals surface area contributed by atoms with Crippen molar-refractivity contribution >= 4 is 17.2 Å². The molecule has 0 unspecified atom stereocenters. The maximum atomic E-state index is 13.2. The van der Waals surface area contributed by atoms with Crippen LogP contribution in [-0.2, 0) is 19.4 Å². The van der Waals surface area contributed by atoms with Crippen molar-refractivity contribution in [2.24, 2.45) is 0 Å². The number of hydrogen-bond donors (Lipinski definition) is 0. The van der Waals surface area contributed by atoms with Crippen LogP contribution in [0.2, 0.25) is 0 Å². The van der Waals surface area contributed by atoms with Gasteiger partial charge in [0.25, 0.3) is 0 Å². The molecule has 2 aliphatic heterocycles. The molecule has 3 aromatic rings. The van der Waals surface area contributed by atoms with Gasteiger partial charge in [-0.25, -0.2) is 9.37 Å². The first-order chi connectivity index (χ1) is 14.4. The highest BCUT2D eigenvalue weighted by atomic mass is 32.1. The molecule has 8 nitrogen and oxygen atoms in total. The molecule has 2 aromatic heterocycles. The standard InChI is InChI=1S/C20H20FN5O3S/c1-20(12-25-10-17(26(27)28)23-19(25)29-20)11-24-8-6-15-16(7-9-24)30-18(22-15)13-2-4-14(21)5-3-13/h2-5,10H,6-9,11-12H2,1H3/t20-/m0/s1. The van der Waals surface area contributed by atoms with Crippen molar-refractivity contribution in [2.75, 3.05) is 19.6 Å². The molecule has 10 heteroatoms. The molecule has 2 aliphatic rings. The van der Waals surface area contributed by atoms with Gasteiger partial charge in [0.05, 0.1) is 12.2 Å². The van der Waals surface area contributed by atoms with Crippen LogP contribution in [0.25, 0.3) is 10.6 Å².